The van der Waals surface area contributed by atoms with Crippen LogP contribution in [0, 0.1) is 0 Å². The molecule has 1 heterocycles. The summed E-state index contributed by atoms with van der Waals surface area (Å²) in [4.78, 5) is 14.4. The Morgan fingerprint density at radius 2 is 1.90 bits per heavy atom. The molecule has 1 aliphatic rings. The van der Waals surface area contributed by atoms with E-state index in [1.807, 2.05) is 0 Å². The van der Waals surface area contributed by atoms with Crippen LogP contribution >= 0.6 is 12.2 Å². The predicted octanol–water partition coefficient (Wildman–Crippen LogP) is 0.714. The van der Waals surface area contributed by atoms with Gasteiger partial charge in [0.25, 0.3) is 0 Å². The van der Waals surface area contributed by atoms with Crippen LogP contribution in [-0.4, -0.2) is 51.1 Å². The molecule has 0 unspecified atom stereocenters. The average Bonchev–Trinajstić information content (AvgIpc) is 2.47. The van der Waals surface area contributed by atoms with Crippen LogP contribution in [0.15, 0.2) is 24.3 Å². The van der Waals surface area contributed by atoms with Gasteiger partial charge in [0.2, 0.25) is 5.91 Å². The SMILES string of the molecule is NC(=S)c1ccc(NC(=O)CCN2CCS(=O)CC2)cc1. The number of nitrogens with one attached hydrogen (secondary N) is 1. The molecular weight excluding hydrogens is 306 g/mol. The van der Waals surface area contributed by atoms with Crippen molar-refractivity contribution in [1.82, 2.24) is 4.90 Å². The molecule has 0 aromatic heterocycles. The summed E-state index contributed by atoms with van der Waals surface area (Å²) in [6, 6.07) is 7.16. The number of hydrogen-bond acceptors (Lipinski definition) is 4. The molecule has 1 saturated heterocycles. The fourth-order valence-corrected chi connectivity index (χ4v) is 3.36. The molecule has 1 aromatic carbocycles. The van der Waals surface area contributed by atoms with Crippen LogP contribution in [0.1, 0.15) is 12.0 Å². The topological polar surface area (TPSA) is 75.4 Å². The molecule has 1 aliphatic heterocycles. The Morgan fingerprint density at radius 1 is 1.29 bits per heavy atom. The number of nitrogens with zero attached hydrogens (tertiary/aromatic N) is 1. The lowest BCUT2D eigenvalue weighted by molar-refractivity contribution is -0.116. The van der Waals surface area contributed by atoms with Crippen LogP contribution in [0.5, 0.6) is 0 Å². The maximum Gasteiger partial charge on any atom is 0.225 e. The quantitative estimate of drug-likeness (QED) is 0.780. The lowest BCUT2D eigenvalue weighted by Crippen LogP contribution is -2.39. The Balaban J connectivity index is 1.76. The van der Waals surface area contributed by atoms with E-state index in [1.54, 1.807) is 24.3 Å². The minimum atomic E-state index is -0.676. The summed E-state index contributed by atoms with van der Waals surface area (Å²) in [6.07, 6.45) is 0.434. The van der Waals surface area contributed by atoms with Gasteiger partial charge in [0.1, 0.15) is 4.99 Å². The van der Waals surface area contributed by atoms with Crippen molar-refractivity contribution in [2.45, 2.75) is 6.42 Å². The van der Waals surface area contributed by atoms with Gasteiger partial charge >= 0.3 is 0 Å². The maximum atomic E-state index is 11.9. The molecule has 3 N–H and O–H groups in total. The van der Waals surface area contributed by atoms with E-state index in [2.05, 4.69) is 10.2 Å². The molecule has 1 amide bonds. The van der Waals surface area contributed by atoms with Crippen LogP contribution in [0.2, 0.25) is 0 Å². The molecule has 0 bridgehead atoms. The molecule has 114 valence electrons. The van der Waals surface area contributed by atoms with Crippen LogP contribution in [0.25, 0.3) is 0 Å². The molecule has 0 saturated carbocycles. The fourth-order valence-electron chi connectivity index (χ4n) is 2.10. The van der Waals surface area contributed by atoms with Crippen molar-refractivity contribution >= 4 is 39.6 Å². The lowest BCUT2D eigenvalue weighted by Gasteiger charge is -2.25. The molecule has 7 heteroatoms. The zero-order chi connectivity index (χ0) is 15.2. The highest BCUT2D eigenvalue weighted by atomic mass is 32.2. The Labute approximate surface area is 132 Å². The fraction of sp³-hybridized carbons (Fsp3) is 0.429. The molecule has 0 spiro atoms. The number of rotatable bonds is 5. The largest absolute Gasteiger partial charge is 0.389 e. The van der Waals surface area contributed by atoms with Crippen molar-refractivity contribution in [3.8, 4) is 0 Å². The third-order valence-corrected chi connectivity index (χ3v) is 4.89. The van der Waals surface area contributed by atoms with Crippen molar-refractivity contribution in [1.29, 1.82) is 0 Å². The number of nitrogens with two attached hydrogens (primary N) is 1. The van der Waals surface area contributed by atoms with E-state index < -0.39 is 10.8 Å². The summed E-state index contributed by atoms with van der Waals surface area (Å²) < 4.78 is 11.3. The van der Waals surface area contributed by atoms with E-state index in [1.165, 1.54) is 0 Å². The first-order valence-corrected chi connectivity index (χ1v) is 8.71. The van der Waals surface area contributed by atoms with Crippen molar-refractivity contribution in [2.24, 2.45) is 5.73 Å². The first-order chi connectivity index (χ1) is 10.0. The predicted molar refractivity (Wildman–Crippen MR) is 89.9 cm³/mol. The highest BCUT2D eigenvalue weighted by molar-refractivity contribution is 7.85. The third kappa shape index (κ3) is 5.18. The Kier molecular flexibility index (Phi) is 5.84. The number of carbonyl (C=O) groups excluding carboxylic acids is 1. The number of thiocarbonyl (C=S) groups is 1. The van der Waals surface area contributed by atoms with E-state index in [-0.39, 0.29) is 5.91 Å². The van der Waals surface area contributed by atoms with Crippen LogP contribution in [-0.2, 0) is 15.6 Å². The number of benzene rings is 1. The van der Waals surface area contributed by atoms with E-state index in [0.29, 0.717) is 29.5 Å². The Hall–Kier alpha value is -1.31. The average molecular weight is 325 g/mol. The lowest BCUT2D eigenvalue weighted by atomic mass is 10.2. The smallest absolute Gasteiger partial charge is 0.225 e. The van der Waals surface area contributed by atoms with Gasteiger partial charge in [-0.25, -0.2) is 0 Å². The van der Waals surface area contributed by atoms with Crippen molar-refractivity contribution in [3.63, 3.8) is 0 Å². The van der Waals surface area contributed by atoms with Gasteiger partial charge < -0.3 is 16.0 Å². The number of hydrogen-bond donors (Lipinski definition) is 2. The van der Waals surface area contributed by atoms with Crippen molar-refractivity contribution in [2.75, 3.05) is 36.5 Å². The minimum absolute atomic E-state index is 0.0234. The molecule has 21 heavy (non-hydrogen) atoms. The Bertz CT molecular complexity index is 536. The standard InChI is InChI=1S/C14H19N3O2S2/c15-14(20)11-1-3-12(4-2-11)16-13(18)5-6-17-7-9-21(19)10-8-17/h1-4H,5-10H2,(H2,15,20)(H,16,18). The van der Waals surface area contributed by atoms with Gasteiger partial charge in [0.15, 0.2) is 0 Å². The molecule has 0 radical (unpaired) electrons. The highest BCUT2D eigenvalue weighted by Crippen LogP contribution is 2.10. The van der Waals surface area contributed by atoms with Crippen LogP contribution in [0.3, 0.4) is 0 Å². The van der Waals surface area contributed by atoms with E-state index in [9.17, 15) is 9.00 Å². The first kappa shape index (κ1) is 16.1. The van der Waals surface area contributed by atoms with Gasteiger partial charge in [-0.1, -0.05) is 12.2 Å². The molecule has 0 atom stereocenters. The van der Waals surface area contributed by atoms with Crippen LogP contribution < -0.4 is 11.1 Å². The van der Waals surface area contributed by atoms with Gasteiger partial charge in [-0.3, -0.25) is 9.00 Å². The van der Waals surface area contributed by atoms with E-state index in [0.717, 1.165) is 24.3 Å². The third-order valence-electron chi connectivity index (χ3n) is 3.38. The summed E-state index contributed by atoms with van der Waals surface area (Å²) in [7, 11) is -0.676. The van der Waals surface area contributed by atoms with Crippen LogP contribution in [0.4, 0.5) is 5.69 Å². The summed E-state index contributed by atoms with van der Waals surface area (Å²) in [5.41, 5.74) is 7.04. The zero-order valence-corrected chi connectivity index (χ0v) is 13.3. The van der Waals surface area contributed by atoms with Gasteiger partial charge in [-0.05, 0) is 24.3 Å². The summed E-state index contributed by atoms with van der Waals surface area (Å²) in [6.45, 7) is 2.32. The number of anilines is 1. The molecule has 1 fully saturated rings. The first-order valence-electron chi connectivity index (χ1n) is 6.81. The zero-order valence-electron chi connectivity index (χ0n) is 11.7. The second kappa shape index (κ2) is 7.63. The van der Waals surface area contributed by atoms with E-state index in [4.69, 9.17) is 18.0 Å². The van der Waals surface area contributed by atoms with Gasteiger partial charge in [-0.15, -0.1) is 0 Å². The highest BCUT2D eigenvalue weighted by Gasteiger charge is 2.15. The van der Waals surface area contributed by atoms with E-state index >= 15 is 0 Å². The molecule has 5 nitrogen and oxygen atoms in total. The summed E-state index contributed by atoms with van der Waals surface area (Å²) in [5.74, 6) is 1.40. The van der Waals surface area contributed by atoms with Gasteiger partial charge in [-0.2, -0.15) is 0 Å². The number of amides is 1. The van der Waals surface area contributed by atoms with Crippen molar-refractivity contribution in [3.05, 3.63) is 29.8 Å². The Morgan fingerprint density at radius 3 is 2.48 bits per heavy atom. The number of carbonyl (C=O) groups is 1. The molecule has 1 aromatic rings. The minimum Gasteiger partial charge on any atom is -0.389 e. The summed E-state index contributed by atoms with van der Waals surface area (Å²) >= 11 is 4.88. The normalized spacial score (nSPS) is 16.6. The monoisotopic (exact) mass is 325 g/mol. The molecule has 2 rings (SSSR count). The second-order valence-corrected chi connectivity index (χ2v) is 7.07. The van der Waals surface area contributed by atoms with Gasteiger partial charge in [0.05, 0.1) is 0 Å². The molecule has 0 aliphatic carbocycles. The van der Waals surface area contributed by atoms with Gasteiger partial charge in [0, 0.05) is 59.6 Å². The maximum absolute atomic E-state index is 11.9. The summed E-state index contributed by atoms with van der Waals surface area (Å²) in [5, 5.41) is 2.85. The molecular formula is C14H19N3O2S2. The van der Waals surface area contributed by atoms with Crippen molar-refractivity contribution < 1.29 is 9.00 Å². The second-order valence-electron chi connectivity index (χ2n) is 4.93.